The van der Waals surface area contributed by atoms with Crippen molar-refractivity contribution in [3.63, 3.8) is 0 Å². The monoisotopic (exact) mass is 446 g/mol. The zero-order chi connectivity index (χ0) is 20.4. The molecule has 146 valence electrons. The van der Waals surface area contributed by atoms with Crippen LogP contribution in [0.15, 0.2) is 40.9 Å². The minimum Gasteiger partial charge on any atom is -0.497 e. The lowest BCUT2D eigenvalue weighted by Gasteiger charge is -2.26. The van der Waals surface area contributed by atoms with Gasteiger partial charge in [-0.05, 0) is 36.8 Å². The Morgan fingerprint density at radius 2 is 1.89 bits per heavy atom. The molecular formula is C20H19BrN2O5. The fraction of sp³-hybridized carbons (Fsp3) is 0.250. The number of ether oxygens (including phenoxy) is 2. The number of carbonyl (C=O) groups is 3. The quantitative estimate of drug-likeness (QED) is 0.687. The van der Waals surface area contributed by atoms with Crippen molar-refractivity contribution in [2.24, 2.45) is 0 Å². The summed E-state index contributed by atoms with van der Waals surface area (Å²) in [4.78, 5) is 39.2. The molecule has 2 aromatic rings. The maximum absolute atomic E-state index is 13.0. The average Bonchev–Trinajstić information content (AvgIpc) is 2.93. The van der Waals surface area contributed by atoms with E-state index in [2.05, 4.69) is 21.2 Å². The fourth-order valence-electron chi connectivity index (χ4n) is 3.16. The first-order valence-corrected chi connectivity index (χ1v) is 9.40. The number of rotatable bonds is 6. The Morgan fingerprint density at radius 1 is 1.14 bits per heavy atom. The van der Waals surface area contributed by atoms with Gasteiger partial charge in [0, 0.05) is 10.5 Å². The van der Waals surface area contributed by atoms with Gasteiger partial charge in [0.25, 0.3) is 11.7 Å². The van der Waals surface area contributed by atoms with Gasteiger partial charge in [-0.2, -0.15) is 0 Å². The Labute approximate surface area is 170 Å². The molecule has 0 bridgehead atoms. The molecule has 8 heteroatoms. The van der Waals surface area contributed by atoms with Crippen LogP contribution in [0.5, 0.6) is 11.5 Å². The Bertz CT molecular complexity index is 960. The second-order valence-electron chi connectivity index (χ2n) is 6.15. The third kappa shape index (κ3) is 3.47. The topological polar surface area (TPSA) is 84.9 Å². The third-order valence-electron chi connectivity index (χ3n) is 4.54. The highest BCUT2D eigenvalue weighted by Crippen LogP contribution is 2.35. The maximum Gasteiger partial charge on any atom is 0.300 e. The van der Waals surface area contributed by atoms with Gasteiger partial charge in [-0.15, -0.1) is 0 Å². The summed E-state index contributed by atoms with van der Waals surface area (Å²) in [5.74, 6) is -0.760. The molecule has 0 spiro atoms. The van der Waals surface area contributed by atoms with Gasteiger partial charge >= 0.3 is 0 Å². The molecule has 0 radical (unpaired) electrons. The zero-order valence-corrected chi connectivity index (χ0v) is 17.2. The van der Waals surface area contributed by atoms with E-state index >= 15 is 0 Å². The highest BCUT2D eigenvalue weighted by Gasteiger charge is 2.42. The average molecular weight is 447 g/mol. The standard InChI is InChI=1S/C20H19BrN2O5/c1-4-15(19(25)22-14-10-12(27-2)6-8-17(14)28-3)23-16-7-5-11(21)9-13(16)18(24)20(23)26/h5-10,15H,4H2,1-3H3,(H,22,25). The first-order chi connectivity index (χ1) is 13.4. The number of nitrogens with zero attached hydrogens (tertiary/aromatic N) is 1. The molecule has 1 aliphatic rings. The number of anilines is 2. The van der Waals surface area contributed by atoms with Crippen molar-refractivity contribution in [1.29, 1.82) is 0 Å². The summed E-state index contributed by atoms with van der Waals surface area (Å²) < 4.78 is 11.2. The summed E-state index contributed by atoms with van der Waals surface area (Å²) in [5.41, 5.74) is 1.13. The summed E-state index contributed by atoms with van der Waals surface area (Å²) >= 11 is 3.30. The van der Waals surface area contributed by atoms with E-state index < -0.39 is 23.6 Å². The number of halogens is 1. The molecule has 1 heterocycles. The normalized spacial score (nSPS) is 13.9. The predicted molar refractivity (Wildman–Crippen MR) is 108 cm³/mol. The number of fused-ring (bicyclic) bond motifs is 1. The van der Waals surface area contributed by atoms with Crippen LogP contribution in [0.1, 0.15) is 23.7 Å². The third-order valence-corrected chi connectivity index (χ3v) is 5.03. The number of amides is 2. The van der Waals surface area contributed by atoms with Gasteiger partial charge in [0.15, 0.2) is 0 Å². The van der Waals surface area contributed by atoms with Crippen LogP contribution in [0.2, 0.25) is 0 Å². The van der Waals surface area contributed by atoms with E-state index in [1.807, 2.05) is 0 Å². The van der Waals surface area contributed by atoms with Crippen LogP contribution in [0.4, 0.5) is 11.4 Å². The van der Waals surface area contributed by atoms with E-state index in [9.17, 15) is 14.4 Å². The molecule has 1 atom stereocenters. The summed E-state index contributed by atoms with van der Waals surface area (Å²) in [6.45, 7) is 1.78. The lowest BCUT2D eigenvalue weighted by Crippen LogP contribution is -2.46. The van der Waals surface area contributed by atoms with Crippen molar-refractivity contribution >= 4 is 44.9 Å². The van der Waals surface area contributed by atoms with Crippen LogP contribution < -0.4 is 19.7 Å². The highest BCUT2D eigenvalue weighted by molar-refractivity contribution is 9.10. The molecule has 3 rings (SSSR count). The second kappa shape index (κ2) is 8.02. The smallest absolute Gasteiger partial charge is 0.300 e. The van der Waals surface area contributed by atoms with Crippen molar-refractivity contribution in [3.05, 3.63) is 46.4 Å². The largest absolute Gasteiger partial charge is 0.497 e. The molecule has 28 heavy (non-hydrogen) atoms. The Morgan fingerprint density at radius 3 is 2.54 bits per heavy atom. The fourth-order valence-corrected chi connectivity index (χ4v) is 3.52. The predicted octanol–water partition coefficient (Wildman–Crippen LogP) is 3.41. The van der Waals surface area contributed by atoms with E-state index in [0.29, 0.717) is 33.8 Å². The first-order valence-electron chi connectivity index (χ1n) is 8.61. The number of hydrogen-bond acceptors (Lipinski definition) is 5. The number of benzene rings is 2. The summed E-state index contributed by atoms with van der Waals surface area (Å²) in [6, 6.07) is 9.14. The lowest BCUT2D eigenvalue weighted by atomic mass is 10.1. The maximum atomic E-state index is 13.0. The van der Waals surface area contributed by atoms with Gasteiger partial charge in [-0.3, -0.25) is 19.3 Å². The Balaban J connectivity index is 1.94. The van der Waals surface area contributed by atoms with Crippen molar-refractivity contribution in [2.45, 2.75) is 19.4 Å². The van der Waals surface area contributed by atoms with Crippen LogP contribution in [-0.2, 0) is 9.59 Å². The minimum atomic E-state index is -0.852. The molecule has 2 aromatic carbocycles. The number of Topliss-reactive ketones (excluding diaryl/α,β-unsaturated/α-hetero) is 1. The van der Waals surface area contributed by atoms with Crippen LogP contribution in [0.3, 0.4) is 0 Å². The van der Waals surface area contributed by atoms with Crippen molar-refractivity contribution in [3.8, 4) is 11.5 Å². The molecule has 0 aliphatic carbocycles. The number of methoxy groups -OCH3 is 2. The molecule has 1 N–H and O–H groups in total. The van der Waals surface area contributed by atoms with E-state index in [1.54, 1.807) is 43.3 Å². The first kappa shape index (κ1) is 19.9. The molecule has 0 saturated carbocycles. The SMILES string of the molecule is CCC(C(=O)Nc1cc(OC)ccc1OC)N1C(=O)C(=O)c2cc(Br)ccc21. The Hall–Kier alpha value is -2.87. The zero-order valence-electron chi connectivity index (χ0n) is 15.6. The number of hydrogen-bond donors (Lipinski definition) is 1. The molecule has 2 amide bonds. The van der Waals surface area contributed by atoms with Crippen LogP contribution in [0.25, 0.3) is 0 Å². The Kier molecular flexibility index (Phi) is 5.69. The summed E-state index contributed by atoms with van der Waals surface area (Å²) in [6.07, 6.45) is 0.326. The molecule has 0 fully saturated rings. The lowest BCUT2D eigenvalue weighted by molar-refractivity contribution is -0.121. The van der Waals surface area contributed by atoms with Crippen LogP contribution >= 0.6 is 15.9 Å². The molecule has 0 saturated heterocycles. The van der Waals surface area contributed by atoms with Gasteiger partial charge < -0.3 is 14.8 Å². The highest BCUT2D eigenvalue weighted by atomic mass is 79.9. The van der Waals surface area contributed by atoms with Gasteiger partial charge in [-0.25, -0.2) is 0 Å². The van der Waals surface area contributed by atoms with Crippen molar-refractivity contribution in [2.75, 3.05) is 24.4 Å². The van der Waals surface area contributed by atoms with Crippen LogP contribution in [-0.4, -0.2) is 37.9 Å². The number of carbonyl (C=O) groups excluding carboxylic acids is 3. The molecule has 1 unspecified atom stereocenters. The summed E-state index contributed by atoms with van der Waals surface area (Å²) in [7, 11) is 3.01. The van der Waals surface area contributed by atoms with Crippen LogP contribution in [0, 0.1) is 0 Å². The van der Waals surface area contributed by atoms with E-state index in [4.69, 9.17) is 9.47 Å². The van der Waals surface area contributed by atoms with E-state index in [1.165, 1.54) is 19.1 Å². The molecule has 1 aliphatic heterocycles. The molecule has 0 aromatic heterocycles. The molecule has 7 nitrogen and oxygen atoms in total. The summed E-state index contributed by atoms with van der Waals surface area (Å²) in [5, 5.41) is 2.78. The van der Waals surface area contributed by atoms with E-state index in [-0.39, 0.29) is 5.56 Å². The van der Waals surface area contributed by atoms with Gasteiger partial charge in [0.2, 0.25) is 5.91 Å². The van der Waals surface area contributed by atoms with Crippen molar-refractivity contribution in [1.82, 2.24) is 0 Å². The molecular weight excluding hydrogens is 428 g/mol. The minimum absolute atomic E-state index is 0.282. The van der Waals surface area contributed by atoms with Crippen molar-refractivity contribution < 1.29 is 23.9 Å². The van der Waals surface area contributed by atoms with E-state index in [0.717, 1.165) is 0 Å². The van der Waals surface area contributed by atoms with Gasteiger partial charge in [0.05, 0.1) is 31.2 Å². The number of nitrogens with one attached hydrogen (secondary N) is 1. The van der Waals surface area contributed by atoms with Gasteiger partial charge in [0.1, 0.15) is 17.5 Å². The second-order valence-corrected chi connectivity index (χ2v) is 7.06. The van der Waals surface area contributed by atoms with Gasteiger partial charge in [-0.1, -0.05) is 22.9 Å². The number of ketones is 1.